The second-order valence-electron chi connectivity index (χ2n) is 5.09. The summed E-state index contributed by atoms with van der Waals surface area (Å²) < 4.78 is 5.47. The van der Waals surface area contributed by atoms with Crippen LogP contribution in [0.1, 0.15) is 31.2 Å². The fourth-order valence-electron chi connectivity index (χ4n) is 2.57. The van der Waals surface area contributed by atoms with E-state index >= 15 is 0 Å². The lowest BCUT2D eigenvalue weighted by Crippen LogP contribution is -2.31. The molecule has 94 valence electrons. The van der Waals surface area contributed by atoms with Crippen LogP contribution in [0.25, 0.3) is 0 Å². The molecular weight excluding hydrogens is 276 g/mol. The van der Waals surface area contributed by atoms with Gasteiger partial charge in [0.25, 0.3) is 0 Å². The number of hydrogen-bond donors (Lipinski definition) is 0. The zero-order chi connectivity index (χ0) is 12.0. The highest BCUT2D eigenvalue weighted by Gasteiger charge is 2.30. The molecule has 1 heterocycles. The van der Waals surface area contributed by atoms with Gasteiger partial charge in [-0.2, -0.15) is 0 Å². The number of benzene rings is 1. The van der Waals surface area contributed by atoms with Crippen LogP contribution in [-0.2, 0) is 11.2 Å². The standard InChI is InChI=1S/C15H21BrO/c16-13-15(9-11-17-12-10-15)8-4-7-14-5-2-1-3-6-14/h1-3,5-6H,4,7-13H2. The molecule has 1 aromatic rings. The molecule has 17 heavy (non-hydrogen) atoms. The van der Waals surface area contributed by atoms with E-state index in [4.69, 9.17) is 4.74 Å². The summed E-state index contributed by atoms with van der Waals surface area (Å²) >= 11 is 3.70. The third kappa shape index (κ3) is 3.82. The second kappa shape index (κ2) is 6.55. The molecule has 1 nitrogen and oxygen atoms in total. The number of hydrogen-bond acceptors (Lipinski definition) is 1. The smallest absolute Gasteiger partial charge is 0.0471 e. The Kier molecular flexibility index (Phi) is 5.05. The Labute approximate surface area is 113 Å². The largest absolute Gasteiger partial charge is 0.381 e. The van der Waals surface area contributed by atoms with Gasteiger partial charge in [-0.15, -0.1) is 0 Å². The minimum Gasteiger partial charge on any atom is -0.381 e. The topological polar surface area (TPSA) is 9.23 Å². The molecule has 1 aliphatic heterocycles. The molecule has 2 rings (SSSR count). The van der Waals surface area contributed by atoms with Crippen molar-refractivity contribution >= 4 is 15.9 Å². The van der Waals surface area contributed by atoms with Gasteiger partial charge in [-0.05, 0) is 43.1 Å². The van der Waals surface area contributed by atoms with E-state index in [9.17, 15) is 0 Å². The molecule has 0 unspecified atom stereocenters. The van der Waals surface area contributed by atoms with Crippen molar-refractivity contribution in [3.05, 3.63) is 35.9 Å². The maximum absolute atomic E-state index is 5.47. The summed E-state index contributed by atoms with van der Waals surface area (Å²) in [6.45, 7) is 1.88. The van der Waals surface area contributed by atoms with Crippen LogP contribution in [0.15, 0.2) is 30.3 Å². The Morgan fingerprint density at radius 1 is 1.12 bits per heavy atom. The molecule has 1 fully saturated rings. The Morgan fingerprint density at radius 3 is 2.47 bits per heavy atom. The second-order valence-corrected chi connectivity index (χ2v) is 5.65. The van der Waals surface area contributed by atoms with Crippen molar-refractivity contribution < 1.29 is 4.74 Å². The maximum atomic E-state index is 5.47. The zero-order valence-electron chi connectivity index (χ0n) is 10.3. The molecule has 1 aromatic carbocycles. The summed E-state index contributed by atoms with van der Waals surface area (Å²) in [6, 6.07) is 10.8. The lowest BCUT2D eigenvalue weighted by atomic mass is 9.78. The minimum absolute atomic E-state index is 0.493. The molecule has 0 aromatic heterocycles. The third-order valence-electron chi connectivity index (χ3n) is 3.85. The Morgan fingerprint density at radius 2 is 1.82 bits per heavy atom. The van der Waals surface area contributed by atoms with Crippen LogP contribution in [0, 0.1) is 5.41 Å². The molecule has 1 aliphatic rings. The van der Waals surface area contributed by atoms with Gasteiger partial charge in [0.1, 0.15) is 0 Å². The van der Waals surface area contributed by atoms with E-state index in [2.05, 4.69) is 46.3 Å². The van der Waals surface area contributed by atoms with Crippen molar-refractivity contribution in [2.45, 2.75) is 32.1 Å². The first-order valence-electron chi connectivity index (χ1n) is 6.52. The number of alkyl halides is 1. The lowest BCUT2D eigenvalue weighted by molar-refractivity contribution is 0.0219. The molecule has 0 saturated carbocycles. The first kappa shape index (κ1) is 13.1. The van der Waals surface area contributed by atoms with Crippen LogP contribution in [0.4, 0.5) is 0 Å². The maximum Gasteiger partial charge on any atom is 0.0471 e. The van der Waals surface area contributed by atoms with E-state index in [-0.39, 0.29) is 0 Å². The van der Waals surface area contributed by atoms with Crippen molar-refractivity contribution in [1.82, 2.24) is 0 Å². The van der Waals surface area contributed by atoms with Gasteiger partial charge in [-0.25, -0.2) is 0 Å². The highest BCUT2D eigenvalue weighted by atomic mass is 79.9. The summed E-state index contributed by atoms with van der Waals surface area (Å²) in [4.78, 5) is 0. The SMILES string of the molecule is BrCC1(CCCc2ccccc2)CCOCC1. The van der Waals surface area contributed by atoms with E-state index in [0.29, 0.717) is 5.41 Å². The summed E-state index contributed by atoms with van der Waals surface area (Å²) in [5, 5.41) is 1.12. The average Bonchev–Trinajstić information content (AvgIpc) is 2.41. The predicted molar refractivity (Wildman–Crippen MR) is 75.7 cm³/mol. The molecule has 0 N–H and O–H groups in total. The van der Waals surface area contributed by atoms with Crippen LogP contribution in [-0.4, -0.2) is 18.5 Å². The van der Waals surface area contributed by atoms with E-state index in [1.165, 1.54) is 37.7 Å². The average molecular weight is 297 g/mol. The first-order chi connectivity index (χ1) is 8.35. The van der Waals surface area contributed by atoms with E-state index in [0.717, 1.165) is 18.5 Å². The molecule has 0 bridgehead atoms. The van der Waals surface area contributed by atoms with Crippen LogP contribution >= 0.6 is 15.9 Å². The first-order valence-corrected chi connectivity index (χ1v) is 7.64. The minimum atomic E-state index is 0.493. The van der Waals surface area contributed by atoms with Crippen molar-refractivity contribution in [2.75, 3.05) is 18.5 Å². The van der Waals surface area contributed by atoms with Crippen LogP contribution < -0.4 is 0 Å². The number of rotatable bonds is 5. The van der Waals surface area contributed by atoms with Crippen molar-refractivity contribution in [3.8, 4) is 0 Å². The Bertz CT molecular complexity index is 317. The Hall–Kier alpha value is -0.340. The zero-order valence-corrected chi connectivity index (χ0v) is 11.9. The molecule has 1 saturated heterocycles. The van der Waals surface area contributed by atoms with Crippen LogP contribution in [0.5, 0.6) is 0 Å². The molecule has 0 spiro atoms. The van der Waals surface area contributed by atoms with Gasteiger partial charge in [-0.1, -0.05) is 46.3 Å². The van der Waals surface area contributed by atoms with Crippen LogP contribution in [0.2, 0.25) is 0 Å². The Balaban J connectivity index is 1.80. The fraction of sp³-hybridized carbons (Fsp3) is 0.600. The van der Waals surface area contributed by atoms with Gasteiger partial charge in [-0.3, -0.25) is 0 Å². The quantitative estimate of drug-likeness (QED) is 0.740. The monoisotopic (exact) mass is 296 g/mol. The van der Waals surface area contributed by atoms with Gasteiger partial charge in [0.2, 0.25) is 0 Å². The highest BCUT2D eigenvalue weighted by molar-refractivity contribution is 9.09. The summed E-state index contributed by atoms with van der Waals surface area (Å²) in [5.74, 6) is 0. The van der Waals surface area contributed by atoms with Gasteiger partial charge in [0, 0.05) is 18.5 Å². The lowest BCUT2D eigenvalue weighted by Gasteiger charge is -2.35. The van der Waals surface area contributed by atoms with Gasteiger partial charge in [0.15, 0.2) is 0 Å². The highest BCUT2D eigenvalue weighted by Crippen LogP contribution is 2.37. The summed E-state index contributed by atoms with van der Waals surface area (Å²) in [6.07, 6.45) is 6.24. The van der Waals surface area contributed by atoms with Gasteiger partial charge >= 0.3 is 0 Å². The summed E-state index contributed by atoms with van der Waals surface area (Å²) in [5.41, 5.74) is 1.96. The van der Waals surface area contributed by atoms with Gasteiger partial charge in [0.05, 0.1) is 0 Å². The number of ether oxygens (including phenoxy) is 1. The normalized spacial score (nSPS) is 19.1. The molecule has 0 radical (unpaired) electrons. The summed E-state index contributed by atoms with van der Waals surface area (Å²) in [7, 11) is 0. The van der Waals surface area contributed by atoms with Crippen LogP contribution in [0.3, 0.4) is 0 Å². The molecule has 0 atom stereocenters. The number of aryl methyl sites for hydroxylation is 1. The van der Waals surface area contributed by atoms with Crippen molar-refractivity contribution in [1.29, 1.82) is 0 Å². The third-order valence-corrected chi connectivity index (χ3v) is 5.04. The molecule has 0 aliphatic carbocycles. The fourth-order valence-corrected chi connectivity index (χ4v) is 3.41. The molecule has 2 heteroatoms. The van der Waals surface area contributed by atoms with Crippen molar-refractivity contribution in [3.63, 3.8) is 0 Å². The van der Waals surface area contributed by atoms with Gasteiger partial charge < -0.3 is 4.74 Å². The molecular formula is C15H21BrO. The van der Waals surface area contributed by atoms with Crippen molar-refractivity contribution in [2.24, 2.45) is 5.41 Å². The molecule has 0 amide bonds. The van der Waals surface area contributed by atoms with E-state index in [1.807, 2.05) is 0 Å². The van der Waals surface area contributed by atoms with E-state index in [1.54, 1.807) is 0 Å². The predicted octanol–water partition coefficient (Wildman–Crippen LogP) is 4.20. The van der Waals surface area contributed by atoms with E-state index < -0.39 is 0 Å². The number of halogens is 1.